The number of likely N-dealkylation sites (N-methyl/N-ethyl adjacent to an activating group) is 1. The van der Waals surface area contributed by atoms with Gasteiger partial charge in [0, 0.05) is 30.1 Å². The summed E-state index contributed by atoms with van der Waals surface area (Å²) in [6, 6.07) is 15.2. The van der Waals surface area contributed by atoms with Crippen LogP contribution >= 0.6 is 11.6 Å². The lowest BCUT2D eigenvalue weighted by molar-refractivity contribution is -0.0208. The van der Waals surface area contributed by atoms with Crippen LogP contribution in [-0.4, -0.2) is 37.4 Å². The average Bonchev–Trinajstić information content (AvgIpc) is 2.56. The molecule has 0 aliphatic carbocycles. The number of benzene rings is 2. The number of Topliss-reactive ketones (excluding diaryl/α,β-unsaturated/α-hetero) is 1. The van der Waals surface area contributed by atoms with Gasteiger partial charge in [0.05, 0.1) is 12.7 Å². The summed E-state index contributed by atoms with van der Waals surface area (Å²) in [5.74, 6) is 0.100. The van der Waals surface area contributed by atoms with Crippen LogP contribution in [0.5, 0.6) is 0 Å². The second-order valence-corrected chi connectivity index (χ2v) is 6.41. The Balaban J connectivity index is 1.65. The molecule has 1 saturated heterocycles. The van der Waals surface area contributed by atoms with E-state index in [1.807, 2.05) is 12.1 Å². The van der Waals surface area contributed by atoms with Crippen LogP contribution in [0.2, 0.25) is 5.02 Å². The van der Waals surface area contributed by atoms with Crippen LogP contribution < -0.4 is 0 Å². The molecule has 0 aromatic heterocycles. The predicted molar refractivity (Wildman–Crippen MR) is 92.1 cm³/mol. The maximum absolute atomic E-state index is 12.3. The van der Waals surface area contributed by atoms with Crippen LogP contribution in [-0.2, 0) is 11.2 Å². The Labute approximate surface area is 141 Å². The van der Waals surface area contributed by atoms with Gasteiger partial charge in [-0.25, -0.2) is 0 Å². The predicted octanol–water partition coefficient (Wildman–Crippen LogP) is 3.77. The van der Waals surface area contributed by atoms with Gasteiger partial charge in [0.2, 0.25) is 0 Å². The Hall–Kier alpha value is -1.68. The van der Waals surface area contributed by atoms with Crippen molar-refractivity contribution < 1.29 is 9.53 Å². The second kappa shape index (κ2) is 7.26. The van der Waals surface area contributed by atoms with Gasteiger partial charge < -0.3 is 9.64 Å². The van der Waals surface area contributed by atoms with E-state index >= 15 is 0 Å². The van der Waals surface area contributed by atoms with Crippen LogP contribution in [0.25, 0.3) is 0 Å². The zero-order valence-electron chi connectivity index (χ0n) is 13.2. The quantitative estimate of drug-likeness (QED) is 0.800. The third-order valence-corrected chi connectivity index (χ3v) is 4.40. The van der Waals surface area contributed by atoms with E-state index in [9.17, 15) is 4.79 Å². The number of carbonyl (C=O) groups is 1. The van der Waals surface area contributed by atoms with Crippen LogP contribution in [0.1, 0.15) is 27.6 Å². The Kier molecular flexibility index (Phi) is 5.11. The first-order valence-electron chi connectivity index (χ1n) is 7.79. The molecule has 1 unspecified atom stereocenters. The van der Waals surface area contributed by atoms with E-state index in [1.54, 1.807) is 24.3 Å². The zero-order chi connectivity index (χ0) is 16.2. The van der Waals surface area contributed by atoms with E-state index in [1.165, 1.54) is 5.56 Å². The summed E-state index contributed by atoms with van der Waals surface area (Å²) in [5, 5.41) is 0.642. The molecule has 1 atom stereocenters. The van der Waals surface area contributed by atoms with Gasteiger partial charge in [-0.2, -0.15) is 0 Å². The number of hydrogen-bond donors (Lipinski definition) is 0. The highest BCUT2D eigenvalue weighted by Gasteiger charge is 2.19. The Morgan fingerprint density at radius 3 is 2.52 bits per heavy atom. The Morgan fingerprint density at radius 1 is 1.17 bits per heavy atom. The Morgan fingerprint density at radius 2 is 1.87 bits per heavy atom. The van der Waals surface area contributed by atoms with Gasteiger partial charge >= 0.3 is 0 Å². The topological polar surface area (TPSA) is 29.5 Å². The van der Waals surface area contributed by atoms with E-state index in [-0.39, 0.29) is 11.9 Å². The molecule has 0 bridgehead atoms. The van der Waals surface area contributed by atoms with Crippen molar-refractivity contribution in [1.82, 2.24) is 4.90 Å². The lowest BCUT2D eigenvalue weighted by atomic mass is 10.0. The van der Waals surface area contributed by atoms with Gasteiger partial charge in [-0.3, -0.25) is 4.79 Å². The molecule has 0 spiro atoms. The molecular weight excluding hydrogens is 310 g/mol. The maximum atomic E-state index is 12.3. The van der Waals surface area contributed by atoms with Gasteiger partial charge in [-0.1, -0.05) is 35.9 Å². The van der Waals surface area contributed by atoms with Crippen molar-refractivity contribution >= 4 is 17.4 Å². The molecule has 3 rings (SSSR count). The molecule has 0 N–H and O–H groups in total. The number of ether oxygens (including phenoxy) is 1. The number of carbonyl (C=O) groups excluding carboxylic acids is 1. The molecule has 0 saturated carbocycles. The molecular formula is C19H20ClNO2. The molecule has 1 aliphatic heterocycles. The fourth-order valence-corrected chi connectivity index (χ4v) is 2.88. The second-order valence-electron chi connectivity index (χ2n) is 5.97. The van der Waals surface area contributed by atoms with E-state index in [0.29, 0.717) is 17.0 Å². The molecule has 1 fully saturated rings. The number of ketones is 1. The summed E-state index contributed by atoms with van der Waals surface area (Å²) >= 11 is 5.85. The maximum Gasteiger partial charge on any atom is 0.167 e. The van der Waals surface area contributed by atoms with Crippen molar-refractivity contribution in [1.29, 1.82) is 0 Å². The van der Waals surface area contributed by atoms with Crippen molar-refractivity contribution in [2.45, 2.75) is 12.5 Å². The fraction of sp³-hybridized carbons (Fsp3) is 0.316. The average molecular weight is 330 g/mol. The van der Waals surface area contributed by atoms with Gasteiger partial charge in [0.1, 0.15) is 0 Å². The van der Waals surface area contributed by atoms with E-state index in [2.05, 4.69) is 24.1 Å². The third-order valence-electron chi connectivity index (χ3n) is 4.15. The number of rotatable bonds is 4. The van der Waals surface area contributed by atoms with E-state index < -0.39 is 0 Å². The fourth-order valence-electron chi connectivity index (χ4n) is 2.75. The number of hydrogen-bond acceptors (Lipinski definition) is 3. The minimum absolute atomic E-state index is 0.100. The first kappa shape index (κ1) is 16.2. The molecule has 0 radical (unpaired) electrons. The minimum Gasteiger partial charge on any atom is -0.371 e. The SMILES string of the molecule is CN1CCOC(c2ccc(CC(=O)c3ccc(Cl)cc3)cc2)C1. The molecule has 3 nitrogen and oxygen atoms in total. The monoisotopic (exact) mass is 329 g/mol. The highest BCUT2D eigenvalue weighted by molar-refractivity contribution is 6.30. The van der Waals surface area contributed by atoms with Crippen molar-refractivity contribution in [3.63, 3.8) is 0 Å². The minimum atomic E-state index is 0.100. The smallest absolute Gasteiger partial charge is 0.167 e. The van der Waals surface area contributed by atoms with Crippen molar-refractivity contribution in [3.05, 3.63) is 70.2 Å². The molecule has 1 aliphatic rings. The number of nitrogens with zero attached hydrogens (tertiary/aromatic N) is 1. The lowest BCUT2D eigenvalue weighted by Gasteiger charge is -2.30. The Bertz CT molecular complexity index is 667. The van der Waals surface area contributed by atoms with Gasteiger partial charge in [-0.15, -0.1) is 0 Å². The van der Waals surface area contributed by atoms with Gasteiger partial charge in [0.15, 0.2) is 5.78 Å². The summed E-state index contributed by atoms with van der Waals surface area (Å²) in [6.07, 6.45) is 0.516. The first-order valence-corrected chi connectivity index (χ1v) is 8.17. The van der Waals surface area contributed by atoms with Gasteiger partial charge in [-0.05, 0) is 42.4 Å². The highest BCUT2D eigenvalue weighted by Crippen LogP contribution is 2.22. The molecule has 23 heavy (non-hydrogen) atoms. The third kappa shape index (κ3) is 4.20. The van der Waals surface area contributed by atoms with E-state index in [4.69, 9.17) is 16.3 Å². The van der Waals surface area contributed by atoms with E-state index in [0.717, 1.165) is 25.3 Å². The summed E-state index contributed by atoms with van der Waals surface area (Å²) in [5.41, 5.74) is 2.87. The van der Waals surface area contributed by atoms with Crippen LogP contribution in [0.15, 0.2) is 48.5 Å². The van der Waals surface area contributed by atoms with Gasteiger partial charge in [0.25, 0.3) is 0 Å². The first-order chi connectivity index (χ1) is 11.1. The number of morpholine rings is 1. The molecule has 1 heterocycles. The summed E-state index contributed by atoms with van der Waals surface area (Å²) in [6.45, 7) is 2.64. The lowest BCUT2D eigenvalue weighted by Crippen LogP contribution is -2.35. The number of halogens is 1. The van der Waals surface area contributed by atoms with Crippen molar-refractivity contribution in [2.75, 3.05) is 26.7 Å². The summed E-state index contributed by atoms with van der Waals surface area (Å²) in [4.78, 5) is 14.6. The van der Waals surface area contributed by atoms with Crippen LogP contribution in [0.4, 0.5) is 0 Å². The molecule has 4 heteroatoms. The standard InChI is InChI=1S/C19H20ClNO2/c1-21-10-11-23-19(13-21)16-4-2-14(3-5-16)12-18(22)15-6-8-17(20)9-7-15/h2-9,19H,10-13H2,1H3. The molecule has 2 aromatic rings. The molecule has 2 aromatic carbocycles. The zero-order valence-corrected chi connectivity index (χ0v) is 13.9. The normalized spacial score (nSPS) is 18.8. The largest absolute Gasteiger partial charge is 0.371 e. The summed E-state index contributed by atoms with van der Waals surface area (Å²) in [7, 11) is 2.11. The van der Waals surface area contributed by atoms with Crippen molar-refractivity contribution in [2.24, 2.45) is 0 Å². The van der Waals surface area contributed by atoms with Crippen LogP contribution in [0.3, 0.4) is 0 Å². The van der Waals surface area contributed by atoms with Crippen molar-refractivity contribution in [3.8, 4) is 0 Å². The highest BCUT2D eigenvalue weighted by atomic mass is 35.5. The summed E-state index contributed by atoms with van der Waals surface area (Å²) < 4.78 is 5.81. The molecule has 0 amide bonds. The van der Waals surface area contributed by atoms with Crippen LogP contribution in [0, 0.1) is 0 Å². The molecule has 120 valence electrons.